The van der Waals surface area contributed by atoms with Gasteiger partial charge in [-0.05, 0) is 54.8 Å². The topological polar surface area (TPSA) is 71.5 Å². The number of nitrogens with one attached hydrogen (secondary N) is 1. The molecule has 3 heterocycles. The molecule has 0 spiro atoms. The van der Waals surface area contributed by atoms with E-state index < -0.39 is 0 Å². The number of ether oxygens (including phenoxy) is 1. The second-order valence-electron chi connectivity index (χ2n) is 7.13. The zero-order valence-electron chi connectivity index (χ0n) is 15.1. The van der Waals surface area contributed by atoms with E-state index in [0.29, 0.717) is 25.2 Å². The first kappa shape index (κ1) is 17.7. The van der Waals surface area contributed by atoms with Gasteiger partial charge in [0.05, 0.1) is 19.3 Å². The third kappa shape index (κ3) is 4.01. The predicted molar refractivity (Wildman–Crippen MR) is 102 cm³/mol. The highest BCUT2D eigenvalue weighted by atomic mass is 16.5. The van der Waals surface area contributed by atoms with Crippen LogP contribution in [0.25, 0.3) is 0 Å². The highest BCUT2D eigenvalue weighted by Crippen LogP contribution is 2.22. The third-order valence-corrected chi connectivity index (χ3v) is 5.28. The molecule has 4 rings (SSSR count). The van der Waals surface area contributed by atoms with Crippen molar-refractivity contribution in [3.8, 4) is 0 Å². The number of nitrogens with zero attached hydrogens (tertiary/aromatic N) is 2. The van der Waals surface area contributed by atoms with Crippen LogP contribution in [0.1, 0.15) is 28.8 Å². The Morgan fingerprint density at radius 2 is 1.93 bits per heavy atom. The average molecular weight is 365 g/mol. The summed E-state index contributed by atoms with van der Waals surface area (Å²) in [5.74, 6) is 0.289. The molecule has 6 heteroatoms. The van der Waals surface area contributed by atoms with Gasteiger partial charge < -0.3 is 15.0 Å². The Bertz CT molecular complexity index is 807. The van der Waals surface area contributed by atoms with Crippen molar-refractivity contribution >= 4 is 17.5 Å². The van der Waals surface area contributed by atoms with Crippen LogP contribution in [0.2, 0.25) is 0 Å². The monoisotopic (exact) mass is 365 g/mol. The minimum absolute atomic E-state index is 0.00879. The van der Waals surface area contributed by atoms with Gasteiger partial charge in [0.25, 0.3) is 5.91 Å². The van der Waals surface area contributed by atoms with Crippen LogP contribution in [0, 0.1) is 5.92 Å². The molecule has 2 aliphatic rings. The summed E-state index contributed by atoms with van der Waals surface area (Å²) in [6, 6.07) is 11.2. The van der Waals surface area contributed by atoms with E-state index in [1.165, 1.54) is 5.56 Å². The van der Waals surface area contributed by atoms with Gasteiger partial charge in [-0.25, -0.2) is 0 Å². The molecule has 140 valence electrons. The molecule has 0 saturated carbocycles. The number of carbonyl (C=O) groups is 2. The summed E-state index contributed by atoms with van der Waals surface area (Å²) < 4.78 is 5.60. The van der Waals surface area contributed by atoms with E-state index in [1.54, 1.807) is 29.4 Å². The lowest BCUT2D eigenvalue weighted by molar-refractivity contribution is -0.117. The first-order valence-corrected chi connectivity index (χ1v) is 9.38. The number of pyridine rings is 1. The van der Waals surface area contributed by atoms with Crippen LogP contribution in [0.3, 0.4) is 0 Å². The van der Waals surface area contributed by atoms with E-state index >= 15 is 0 Å². The third-order valence-electron chi connectivity index (χ3n) is 5.28. The highest BCUT2D eigenvalue weighted by molar-refractivity contribution is 5.97. The molecule has 0 bridgehead atoms. The van der Waals surface area contributed by atoms with Gasteiger partial charge in [0.1, 0.15) is 0 Å². The molecule has 2 atom stereocenters. The van der Waals surface area contributed by atoms with E-state index in [4.69, 9.17) is 4.74 Å². The second kappa shape index (κ2) is 7.88. The molecule has 2 fully saturated rings. The largest absolute Gasteiger partial charge is 0.379 e. The van der Waals surface area contributed by atoms with Gasteiger partial charge in [0.2, 0.25) is 5.91 Å². The van der Waals surface area contributed by atoms with E-state index in [0.717, 1.165) is 25.1 Å². The first-order chi connectivity index (χ1) is 13.2. The molecule has 2 amide bonds. The number of aromatic nitrogens is 1. The van der Waals surface area contributed by atoms with E-state index in [9.17, 15) is 9.59 Å². The fourth-order valence-corrected chi connectivity index (χ4v) is 3.75. The summed E-state index contributed by atoms with van der Waals surface area (Å²) in [6.07, 6.45) is 5.91. The van der Waals surface area contributed by atoms with Crippen LogP contribution in [0.4, 0.5) is 5.69 Å². The Morgan fingerprint density at radius 1 is 1.15 bits per heavy atom. The molecule has 2 aromatic rings. The van der Waals surface area contributed by atoms with E-state index in [2.05, 4.69) is 10.3 Å². The van der Waals surface area contributed by atoms with Crippen molar-refractivity contribution in [2.45, 2.75) is 25.3 Å². The van der Waals surface area contributed by atoms with Crippen molar-refractivity contribution in [2.24, 2.45) is 5.92 Å². The lowest BCUT2D eigenvalue weighted by Crippen LogP contribution is -2.40. The number of hydrogen-bond donors (Lipinski definition) is 1. The van der Waals surface area contributed by atoms with Crippen molar-refractivity contribution in [3.05, 3.63) is 59.9 Å². The molecular formula is C21H23N3O3. The molecule has 0 unspecified atom stereocenters. The van der Waals surface area contributed by atoms with Crippen LogP contribution in [-0.2, 0) is 16.0 Å². The maximum absolute atomic E-state index is 12.6. The molecule has 0 aliphatic carbocycles. The highest BCUT2D eigenvalue weighted by Gasteiger charge is 2.30. The van der Waals surface area contributed by atoms with Gasteiger partial charge in [0, 0.05) is 42.5 Å². The second-order valence-corrected chi connectivity index (χ2v) is 7.13. The molecule has 27 heavy (non-hydrogen) atoms. The number of amides is 2. The summed E-state index contributed by atoms with van der Waals surface area (Å²) in [5.41, 5.74) is 2.65. The minimum atomic E-state index is -0.107. The van der Waals surface area contributed by atoms with Gasteiger partial charge >= 0.3 is 0 Å². The van der Waals surface area contributed by atoms with Gasteiger partial charge in [-0.2, -0.15) is 0 Å². The van der Waals surface area contributed by atoms with Gasteiger partial charge in [-0.3, -0.25) is 14.6 Å². The van der Waals surface area contributed by atoms with E-state index in [-0.39, 0.29) is 23.8 Å². The Labute approximate surface area is 158 Å². The molecule has 6 nitrogen and oxygen atoms in total. The smallest absolute Gasteiger partial charge is 0.251 e. The standard InChI is InChI=1S/C21H23N3O3/c25-20-2-1-11-24(20)18-5-3-16(4-6-18)21(26)23-19-14-27-13-17(19)12-15-7-9-22-10-8-15/h3-10,17,19H,1-2,11-14H2,(H,23,26)/t17-,19+/m1/s1. The molecule has 1 aromatic heterocycles. The maximum atomic E-state index is 12.6. The fourth-order valence-electron chi connectivity index (χ4n) is 3.75. The van der Waals surface area contributed by atoms with Crippen LogP contribution in [-0.4, -0.2) is 42.6 Å². The molecule has 1 N–H and O–H groups in total. The zero-order valence-corrected chi connectivity index (χ0v) is 15.1. The molecule has 0 radical (unpaired) electrons. The lowest BCUT2D eigenvalue weighted by atomic mass is 9.95. The number of rotatable bonds is 5. The van der Waals surface area contributed by atoms with Crippen LogP contribution in [0.5, 0.6) is 0 Å². The Kier molecular flexibility index (Phi) is 5.16. The van der Waals surface area contributed by atoms with Crippen LogP contribution < -0.4 is 10.2 Å². The average Bonchev–Trinajstić information content (AvgIpc) is 3.32. The maximum Gasteiger partial charge on any atom is 0.251 e. The van der Waals surface area contributed by atoms with E-state index in [1.807, 2.05) is 24.3 Å². The van der Waals surface area contributed by atoms with Crippen molar-refractivity contribution in [3.63, 3.8) is 0 Å². The predicted octanol–water partition coefficient (Wildman–Crippen LogP) is 2.20. The lowest BCUT2D eigenvalue weighted by Gasteiger charge is -2.20. The Balaban J connectivity index is 1.38. The van der Waals surface area contributed by atoms with Crippen molar-refractivity contribution in [1.29, 1.82) is 0 Å². The quantitative estimate of drug-likeness (QED) is 0.882. The summed E-state index contributed by atoms with van der Waals surface area (Å²) in [6.45, 7) is 1.92. The number of anilines is 1. The molecule has 2 aliphatic heterocycles. The normalized spacial score (nSPS) is 22.2. The minimum Gasteiger partial charge on any atom is -0.379 e. The summed E-state index contributed by atoms with van der Waals surface area (Å²) in [5, 5.41) is 3.10. The Hall–Kier alpha value is -2.73. The summed E-state index contributed by atoms with van der Waals surface area (Å²) in [4.78, 5) is 30.3. The van der Waals surface area contributed by atoms with Crippen molar-refractivity contribution < 1.29 is 14.3 Å². The fraction of sp³-hybridized carbons (Fsp3) is 0.381. The number of benzene rings is 1. The molecule has 2 saturated heterocycles. The van der Waals surface area contributed by atoms with Crippen LogP contribution >= 0.6 is 0 Å². The first-order valence-electron chi connectivity index (χ1n) is 9.38. The summed E-state index contributed by atoms with van der Waals surface area (Å²) >= 11 is 0. The van der Waals surface area contributed by atoms with Gasteiger partial charge in [0.15, 0.2) is 0 Å². The SMILES string of the molecule is O=C(N[C@H]1COC[C@H]1Cc1ccncc1)c1ccc(N2CCCC2=O)cc1. The van der Waals surface area contributed by atoms with Crippen molar-refractivity contribution in [2.75, 3.05) is 24.7 Å². The summed E-state index contributed by atoms with van der Waals surface area (Å²) in [7, 11) is 0. The number of hydrogen-bond acceptors (Lipinski definition) is 4. The zero-order chi connectivity index (χ0) is 18.6. The molecule has 1 aromatic carbocycles. The van der Waals surface area contributed by atoms with Crippen LogP contribution in [0.15, 0.2) is 48.8 Å². The number of carbonyl (C=O) groups excluding carboxylic acids is 2. The Morgan fingerprint density at radius 3 is 2.63 bits per heavy atom. The van der Waals surface area contributed by atoms with Crippen molar-refractivity contribution in [1.82, 2.24) is 10.3 Å². The molecular weight excluding hydrogens is 342 g/mol. The van der Waals surface area contributed by atoms with Gasteiger partial charge in [-0.1, -0.05) is 0 Å². The van der Waals surface area contributed by atoms with Gasteiger partial charge in [-0.15, -0.1) is 0 Å².